The van der Waals surface area contributed by atoms with Gasteiger partial charge in [0, 0.05) is 12.6 Å². The topological polar surface area (TPSA) is 94.2 Å². The van der Waals surface area contributed by atoms with E-state index in [2.05, 4.69) is 5.32 Å². The summed E-state index contributed by atoms with van der Waals surface area (Å²) < 4.78 is 14.9. The molecule has 8 nitrogen and oxygen atoms in total. The highest BCUT2D eigenvalue weighted by Crippen LogP contribution is 2.33. The van der Waals surface area contributed by atoms with Crippen molar-refractivity contribution in [2.75, 3.05) is 39.5 Å². The minimum atomic E-state index is -0.745. The van der Waals surface area contributed by atoms with Gasteiger partial charge in [-0.1, -0.05) is 11.6 Å². The van der Waals surface area contributed by atoms with Crippen molar-refractivity contribution >= 4 is 35.1 Å². The van der Waals surface area contributed by atoms with Gasteiger partial charge in [-0.05, 0) is 18.2 Å². The number of esters is 2. The fourth-order valence-electron chi connectivity index (χ4n) is 2.34. The summed E-state index contributed by atoms with van der Waals surface area (Å²) in [6.07, 6.45) is 0. The van der Waals surface area contributed by atoms with E-state index in [1.807, 2.05) is 0 Å². The Hall–Kier alpha value is -2.58. The van der Waals surface area contributed by atoms with Crippen LogP contribution >= 0.6 is 11.6 Å². The van der Waals surface area contributed by atoms with Gasteiger partial charge in [0.15, 0.2) is 0 Å². The molecule has 1 heterocycles. The second-order valence-corrected chi connectivity index (χ2v) is 5.37. The second-order valence-electron chi connectivity index (χ2n) is 4.96. The van der Waals surface area contributed by atoms with Gasteiger partial charge in [-0.25, -0.2) is 9.59 Å². The zero-order chi connectivity index (χ0) is 18.6. The number of nitrogens with zero attached hydrogens (tertiary/aromatic N) is 1. The molecule has 0 spiro atoms. The Kier molecular flexibility index (Phi) is 6.00. The van der Waals surface area contributed by atoms with Crippen LogP contribution in [0.1, 0.15) is 10.4 Å². The molecule has 1 aromatic rings. The first kappa shape index (κ1) is 18.8. The van der Waals surface area contributed by atoms with Crippen LogP contribution in [0, 0.1) is 0 Å². The highest BCUT2D eigenvalue weighted by molar-refractivity contribution is 6.33. The number of halogens is 1. The highest BCUT2D eigenvalue weighted by atomic mass is 35.5. The quantitative estimate of drug-likeness (QED) is 0.795. The maximum absolute atomic E-state index is 12.3. The third-order valence-electron chi connectivity index (χ3n) is 3.56. The number of benzene rings is 1. The maximum Gasteiger partial charge on any atom is 0.355 e. The smallest absolute Gasteiger partial charge is 0.355 e. The molecule has 1 aromatic carbocycles. The summed E-state index contributed by atoms with van der Waals surface area (Å²) in [6, 6.07) is 4.55. The van der Waals surface area contributed by atoms with Crippen LogP contribution in [-0.4, -0.2) is 52.5 Å². The second kappa shape index (κ2) is 8.00. The van der Waals surface area contributed by atoms with Crippen LogP contribution in [0.2, 0.25) is 5.02 Å². The number of nitrogens with one attached hydrogen (secondary N) is 1. The summed E-state index contributed by atoms with van der Waals surface area (Å²) in [7, 11) is 3.89. The number of anilines is 1. The molecule has 1 amide bonds. The van der Waals surface area contributed by atoms with Crippen LogP contribution in [0.3, 0.4) is 0 Å². The summed E-state index contributed by atoms with van der Waals surface area (Å²) in [5.74, 6) is -1.79. The van der Waals surface area contributed by atoms with E-state index in [-0.39, 0.29) is 35.5 Å². The zero-order valence-electron chi connectivity index (χ0n) is 13.9. The molecule has 0 aliphatic carbocycles. The number of ether oxygens (including phenoxy) is 3. The predicted octanol–water partition coefficient (Wildman–Crippen LogP) is 1.09. The van der Waals surface area contributed by atoms with Crippen LogP contribution in [0.15, 0.2) is 29.5 Å². The highest BCUT2D eigenvalue weighted by Gasteiger charge is 2.33. The summed E-state index contributed by atoms with van der Waals surface area (Å²) >= 11 is 6.23. The lowest BCUT2D eigenvalue weighted by Gasteiger charge is -2.32. The third-order valence-corrected chi connectivity index (χ3v) is 3.88. The van der Waals surface area contributed by atoms with Gasteiger partial charge >= 0.3 is 11.9 Å². The Labute approximate surface area is 149 Å². The Morgan fingerprint density at radius 2 is 1.88 bits per heavy atom. The summed E-state index contributed by atoms with van der Waals surface area (Å²) in [4.78, 5) is 37.5. The molecule has 2 rings (SSSR count). The molecule has 0 saturated heterocycles. The van der Waals surface area contributed by atoms with Crippen LogP contribution in [0.4, 0.5) is 5.69 Å². The lowest BCUT2D eigenvalue weighted by molar-refractivity contribution is -0.140. The van der Waals surface area contributed by atoms with Gasteiger partial charge in [-0.15, -0.1) is 0 Å². The average molecular weight is 369 g/mol. The van der Waals surface area contributed by atoms with E-state index in [0.29, 0.717) is 11.3 Å². The van der Waals surface area contributed by atoms with Crippen molar-refractivity contribution in [3.63, 3.8) is 0 Å². The summed E-state index contributed by atoms with van der Waals surface area (Å²) in [5.41, 5.74) is 0.610. The number of rotatable bonds is 4. The van der Waals surface area contributed by atoms with E-state index in [9.17, 15) is 14.4 Å². The molecule has 0 radical (unpaired) electrons. The third kappa shape index (κ3) is 3.75. The van der Waals surface area contributed by atoms with Gasteiger partial charge in [0.05, 0.1) is 37.1 Å². The van der Waals surface area contributed by atoms with Crippen molar-refractivity contribution in [2.24, 2.45) is 0 Å². The first-order valence-corrected chi connectivity index (χ1v) is 7.59. The van der Waals surface area contributed by atoms with Gasteiger partial charge in [0.25, 0.3) is 5.91 Å². The average Bonchev–Trinajstić information content (AvgIpc) is 2.65. The number of carbonyl (C=O) groups excluding carboxylic acids is 3. The minimum absolute atomic E-state index is 0.00186. The van der Waals surface area contributed by atoms with E-state index in [1.54, 1.807) is 0 Å². The molecular weight excluding hydrogens is 352 g/mol. The first-order valence-electron chi connectivity index (χ1n) is 7.21. The van der Waals surface area contributed by atoms with Crippen LogP contribution in [-0.2, 0) is 23.8 Å². The molecule has 0 unspecified atom stereocenters. The number of amides is 1. The molecule has 0 fully saturated rings. The predicted molar refractivity (Wildman–Crippen MR) is 89.2 cm³/mol. The standard InChI is InChI=1S/C16H17ClN2O6/c1-18-14(20)9-4-5-11(17)12(6-9)19-8-25-7-10(15(21)23-2)13(19)16(22)24-3/h4-6H,7-8H2,1-3H3,(H,18,20). The van der Waals surface area contributed by atoms with Crippen LogP contribution in [0.25, 0.3) is 0 Å². The van der Waals surface area contributed by atoms with Crippen molar-refractivity contribution in [3.8, 4) is 0 Å². The number of hydrogen-bond donors (Lipinski definition) is 1. The van der Waals surface area contributed by atoms with Crippen molar-refractivity contribution in [3.05, 3.63) is 40.1 Å². The molecule has 1 aliphatic rings. The van der Waals surface area contributed by atoms with Gasteiger partial charge in [0.1, 0.15) is 12.4 Å². The number of carbonyl (C=O) groups is 3. The Bertz CT molecular complexity index is 746. The van der Waals surface area contributed by atoms with Gasteiger partial charge in [0.2, 0.25) is 0 Å². The number of methoxy groups -OCH3 is 2. The van der Waals surface area contributed by atoms with Crippen molar-refractivity contribution in [1.29, 1.82) is 0 Å². The Morgan fingerprint density at radius 3 is 2.48 bits per heavy atom. The zero-order valence-corrected chi connectivity index (χ0v) is 14.7. The molecule has 0 aromatic heterocycles. The molecule has 0 saturated carbocycles. The van der Waals surface area contributed by atoms with Gasteiger partial charge < -0.3 is 24.4 Å². The van der Waals surface area contributed by atoms with E-state index in [0.717, 1.165) is 0 Å². The van der Waals surface area contributed by atoms with Gasteiger partial charge in [-0.2, -0.15) is 0 Å². The fourth-order valence-corrected chi connectivity index (χ4v) is 2.56. The van der Waals surface area contributed by atoms with Crippen molar-refractivity contribution in [1.82, 2.24) is 5.32 Å². The molecule has 1 aliphatic heterocycles. The minimum Gasteiger partial charge on any atom is -0.466 e. The fraction of sp³-hybridized carbons (Fsp3) is 0.312. The molecule has 1 N–H and O–H groups in total. The lowest BCUT2D eigenvalue weighted by atomic mass is 10.1. The van der Waals surface area contributed by atoms with Crippen LogP contribution < -0.4 is 10.2 Å². The molecular formula is C16H17ClN2O6. The van der Waals surface area contributed by atoms with E-state index in [1.165, 1.54) is 44.4 Å². The van der Waals surface area contributed by atoms with Crippen molar-refractivity contribution in [2.45, 2.75) is 0 Å². The maximum atomic E-state index is 12.3. The Balaban J connectivity index is 2.61. The van der Waals surface area contributed by atoms with Crippen molar-refractivity contribution < 1.29 is 28.6 Å². The molecule has 0 atom stereocenters. The van der Waals surface area contributed by atoms with E-state index in [4.69, 9.17) is 25.8 Å². The lowest BCUT2D eigenvalue weighted by Crippen LogP contribution is -2.39. The first-order chi connectivity index (χ1) is 11.9. The Morgan fingerprint density at radius 1 is 1.20 bits per heavy atom. The largest absolute Gasteiger partial charge is 0.466 e. The van der Waals surface area contributed by atoms with Crippen LogP contribution in [0.5, 0.6) is 0 Å². The van der Waals surface area contributed by atoms with E-state index >= 15 is 0 Å². The SMILES string of the molecule is CNC(=O)c1ccc(Cl)c(N2COCC(C(=O)OC)=C2C(=O)OC)c1. The molecule has 9 heteroatoms. The van der Waals surface area contributed by atoms with E-state index < -0.39 is 11.9 Å². The van der Waals surface area contributed by atoms with Gasteiger partial charge in [-0.3, -0.25) is 4.79 Å². The monoisotopic (exact) mass is 368 g/mol. The number of hydrogen-bond acceptors (Lipinski definition) is 7. The normalized spacial score (nSPS) is 14.2. The molecule has 0 bridgehead atoms. The molecule has 134 valence electrons. The molecule has 25 heavy (non-hydrogen) atoms. The summed E-state index contributed by atoms with van der Waals surface area (Å²) in [5, 5.41) is 2.77. The summed E-state index contributed by atoms with van der Waals surface area (Å²) in [6.45, 7) is -0.164.